The van der Waals surface area contributed by atoms with E-state index in [1.807, 2.05) is 30.5 Å². The van der Waals surface area contributed by atoms with Crippen molar-refractivity contribution in [2.75, 3.05) is 0 Å². The maximum absolute atomic E-state index is 5.18. The first-order valence-corrected chi connectivity index (χ1v) is 13.6. The van der Waals surface area contributed by atoms with Crippen LogP contribution in [0.1, 0.15) is 6.92 Å². The molecular weight excluding hydrogens is 490 g/mol. The number of aryl methyl sites for hydroxylation is 1. The van der Waals surface area contributed by atoms with Gasteiger partial charge in [-0.25, -0.2) is 15.0 Å². The molecule has 0 saturated carbocycles. The van der Waals surface area contributed by atoms with E-state index in [2.05, 4.69) is 107 Å². The summed E-state index contributed by atoms with van der Waals surface area (Å²) in [5.74, 6) is 1.00. The fourth-order valence-electron chi connectivity index (χ4n) is 5.83. The first kappa shape index (κ1) is 22.7. The smallest absolute Gasteiger partial charge is 0.165 e. The number of para-hydroxylation sites is 2. The molecule has 0 aliphatic rings. The summed E-state index contributed by atoms with van der Waals surface area (Å²) >= 11 is 0. The molecule has 0 spiro atoms. The van der Waals surface area contributed by atoms with Crippen molar-refractivity contribution < 1.29 is 0 Å². The molecule has 0 atom stereocenters. The summed E-state index contributed by atoms with van der Waals surface area (Å²) < 4.78 is 4.34. The van der Waals surface area contributed by atoms with Crippen LogP contribution < -0.4 is 0 Å². The van der Waals surface area contributed by atoms with Gasteiger partial charge in [0, 0.05) is 34.6 Å². The number of hydrogen-bond acceptors (Lipinski definition) is 3. The second kappa shape index (κ2) is 8.89. The third-order valence-electron chi connectivity index (χ3n) is 7.74. The van der Waals surface area contributed by atoms with Crippen molar-refractivity contribution in [3.63, 3.8) is 0 Å². The lowest BCUT2D eigenvalue weighted by atomic mass is 9.98. The number of benzene rings is 4. The van der Waals surface area contributed by atoms with E-state index in [1.165, 1.54) is 5.52 Å². The van der Waals surface area contributed by atoms with Crippen LogP contribution in [0.5, 0.6) is 0 Å². The van der Waals surface area contributed by atoms with Crippen LogP contribution >= 0.6 is 0 Å². The molecule has 4 aromatic carbocycles. The van der Waals surface area contributed by atoms with Gasteiger partial charge in [-0.1, -0.05) is 84.9 Å². The summed E-state index contributed by atoms with van der Waals surface area (Å²) in [7, 11) is 0. The van der Waals surface area contributed by atoms with Gasteiger partial charge in [0.05, 0.1) is 16.7 Å². The molecule has 5 heteroatoms. The lowest BCUT2D eigenvalue weighted by Crippen LogP contribution is -1.97. The number of hydrogen-bond donors (Lipinski definition) is 0. The van der Waals surface area contributed by atoms with Crippen LogP contribution in [0.3, 0.4) is 0 Å². The maximum atomic E-state index is 5.18. The van der Waals surface area contributed by atoms with Crippen molar-refractivity contribution in [1.29, 1.82) is 0 Å². The highest BCUT2D eigenvalue weighted by Gasteiger charge is 2.16. The minimum absolute atomic E-state index is 0.872. The third kappa shape index (κ3) is 3.45. The molecule has 0 amide bonds. The van der Waals surface area contributed by atoms with Gasteiger partial charge in [-0.3, -0.25) is 4.40 Å². The number of imidazole rings is 2. The van der Waals surface area contributed by atoms with E-state index in [-0.39, 0.29) is 0 Å². The van der Waals surface area contributed by atoms with Crippen molar-refractivity contribution in [1.82, 2.24) is 23.9 Å². The highest BCUT2D eigenvalue weighted by Crippen LogP contribution is 2.35. The zero-order valence-corrected chi connectivity index (χ0v) is 22.0. The first-order valence-electron chi connectivity index (χ1n) is 13.6. The summed E-state index contributed by atoms with van der Waals surface area (Å²) in [5, 5.41) is 2.21. The predicted octanol–water partition coefficient (Wildman–Crippen LogP) is 8.41. The highest BCUT2D eigenvalue weighted by molar-refractivity contribution is 6.09. The van der Waals surface area contributed by atoms with Crippen LogP contribution in [0.15, 0.2) is 121 Å². The van der Waals surface area contributed by atoms with Gasteiger partial charge < -0.3 is 4.57 Å². The van der Waals surface area contributed by atoms with Crippen molar-refractivity contribution in [2.45, 2.75) is 13.5 Å². The van der Waals surface area contributed by atoms with E-state index in [0.29, 0.717) is 0 Å². The molecule has 0 N–H and O–H groups in total. The third-order valence-corrected chi connectivity index (χ3v) is 7.74. The van der Waals surface area contributed by atoms with Crippen LogP contribution in [0, 0.1) is 0 Å². The van der Waals surface area contributed by atoms with Crippen LogP contribution in [0.4, 0.5) is 0 Å². The van der Waals surface area contributed by atoms with Gasteiger partial charge in [-0.2, -0.15) is 0 Å². The largest absolute Gasteiger partial charge is 0.324 e. The van der Waals surface area contributed by atoms with Crippen LogP contribution in [-0.4, -0.2) is 23.9 Å². The van der Waals surface area contributed by atoms with Crippen molar-refractivity contribution >= 4 is 38.6 Å². The second-order valence-electron chi connectivity index (χ2n) is 10.0. The minimum atomic E-state index is 0.872. The molecule has 0 fully saturated rings. The van der Waals surface area contributed by atoms with Crippen molar-refractivity contribution in [3.8, 4) is 33.8 Å². The van der Waals surface area contributed by atoms with E-state index >= 15 is 0 Å². The Hall–Kier alpha value is -5.29. The Morgan fingerprint density at radius 1 is 0.600 bits per heavy atom. The Bertz CT molecular complexity index is 2200. The molecule has 5 nitrogen and oxygen atoms in total. The number of fused-ring (bicyclic) bond motifs is 6. The van der Waals surface area contributed by atoms with Crippen LogP contribution in [0.25, 0.3) is 72.4 Å². The zero-order chi connectivity index (χ0) is 26.6. The summed E-state index contributed by atoms with van der Waals surface area (Å²) in [6.45, 7) is 3.04. The van der Waals surface area contributed by atoms with Gasteiger partial charge in [0.15, 0.2) is 5.65 Å². The molecule has 4 aromatic heterocycles. The Morgan fingerprint density at radius 3 is 2.23 bits per heavy atom. The summed E-state index contributed by atoms with van der Waals surface area (Å²) in [5.41, 5.74) is 10.4. The molecule has 8 rings (SSSR count). The Kier molecular flexibility index (Phi) is 5.04. The highest BCUT2D eigenvalue weighted by atomic mass is 15.1. The average molecular weight is 516 g/mol. The lowest BCUT2D eigenvalue weighted by molar-refractivity contribution is 0.796. The van der Waals surface area contributed by atoms with Gasteiger partial charge >= 0.3 is 0 Å². The molecule has 0 aliphatic heterocycles. The maximum Gasteiger partial charge on any atom is 0.165 e. The summed E-state index contributed by atoms with van der Waals surface area (Å²) in [6.07, 6.45) is 2.03. The molecule has 0 bridgehead atoms. The topological polar surface area (TPSA) is 48.0 Å². The first-order chi connectivity index (χ1) is 19.8. The standard InChI is InChI=1S/C35H25N5/c1-2-39-30-15-6-5-14-29(30)36-34(39)24-19-17-23(18-20-24)25-10-9-11-26(22-25)32-27-12-3-4-13-28(27)33-35(38-32)40-21-8-7-16-31(40)37-33/h3-22H,2H2,1H3. The van der Waals surface area contributed by atoms with Gasteiger partial charge in [-0.05, 0) is 48.4 Å². The fourth-order valence-corrected chi connectivity index (χ4v) is 5.83. The Morgan fingerprint density at radius 2 is 1.35 bits per heavy atom. The molecule has 0 unspecified atom stereocenters. The molecular formula is C35H25N5. The van der Waals surface area contributed by atoms with E-state index in [9.17, 15) is 0 Å². The molecule has 0 saturated heterocycles. The summed E-state index contributed by atoms with van der Waals surface area (Å²) in [4.78, 5) is 15.0. The normalized spacial score (nSPS) is 11.7. The zero-order valence-electron chi connectivity index (χ0n) is 22.0. The molecule has 40 heavy (non-hydrogen) atoms. The molecule has 0 aliphatic carbocycles. The number of aromatic nitrogens is 5. The van der Waals surface area contributed by atoms with E-state index < -0.39 is 0 Å². The number of nitrogens with zero attached hydrogens (tertiary/aromatic N) is 5. The van der Waals surface area contributed by atoms with E-state index in [4.69, 9.17) is 15.0 Å². The fraction of sp³-hybridized carbons (Fsp3) is 0.0571. The van der Waals surface area contributed by atoms with Gasteiger partial charge in [-0.15, -0.1) is 0 Å². The Balaban J connectivity index is 1.24. The van der Waals surface area contributed by atoms with E-state index in [0.717, 1.165) is 73.4 Å². The Labute approximate surface area is 231 Å². The van der Waals surface area contributed by atoms with Crippen molar-refractivity contribution in [2.24, 2.45) is 0 Å². The predicted molar refractivity (Wildman–Crippen MR) is 163 cm³/mol. The lowest BCUT2D eigenvalue weighted by Gasteiger charge is -2.10. The molecule has 8 aromatic rings. The molecule has 0 radical (unpaired) electrons. The number of rotatable bonds is 4. The minimum Gasteiger partial charge on any atom is -0.324 e. The second-order valence-corrected chi connectivity index (χ2v) is 10.0. The summed E-state index contributed by atoms with van der Waals surface area (Å²) in [6, 6.07) is 40.2. The van der Waals surface area contributed by atoms with Gasteiger partial charge in [0.25, 0.3) is 0 Å². The SMILES string of the molecule is CCn1c(-c2ccc(-c3cccc(-c4nc5c(nc6ccccn65)c5ccccc45)c3)cc2)nc2ccccc21. The monoisotopic (exact) mass is 515 g/mol. The number of pyridine rings is 2. The average Bonchev–Trinajstić information content (AvgIpc) is 3.59. The van der Waals surface area contributed by atoms with Crippen LogP contribution in [-0.2, 0) is 6.54 Å². The van der Waals surface area contributed by atoms with Crippen molar-refractivity contribution in [3.05, 3.63) is 121 Å². The van der Waals surface area contributed by atoms with Gasteiger partial charge in [0.2, 0.25) is 0 Å². The van der Waals surface area contributed by atoms with Crippen LogP contribution in [0.2, 0.25) is 0 Å². The van der Waals surface area contributed by atoms with Gasteiger partial charge in [0.1, 0.15) is 17.0 Å². The molecule has 4 heterocycles. The molecule has 190 valence electrons. The van der Waals surface area contributed by atoms with E-state index in [1.54, 1.807) is 0 Å². The quantitative estimate of drug-likeness (QED) is 0.236.